The summed E-state index contributed by atoms with van der Waals surface area (Å²) in [6.07, 6.45) is 0.768. The Morgan fingerprint density at radius 2 is 2.11 bits per heavy atom. The quantitative estimate of drug-likeness (QED) is 0.721. The largest absolute Gasteiger partial charge is 0.483 e. The van der Waals surface area contributed by atoms with Gasteiger partial charge in [0.15, 0.2) is 34.9 Å². The van der Waals surface area contributed by atoms with Crippen LogP contribution in [0.15, 0.2) is 30.3 Å². The van der Waals surface area contributed by atoms with Crippen LogP contribution in [0.3, 0.4) is 0 Å². The summed E-state index contributed by atoms with van der Waals surface area (Å²) < 4.78 is 38.5. The molecule has 0 saturated heterocycles. The van der Waals surface area contributed by atoms with Crippen LogP contribution in [0, 0.1) is 11.6 Å². The molecule has 27 heavy (non-hydrogen) atoms. The Hall–Kier alpha value is -2.74. The van der Waals surface area contributed by atoms with Crippen molar-refractivity contribution in [1.82, 2.24) is 4.98 Å². The van der Waals surface area contributed by atoms with Gasteiger partial charge < -0.3 is 9.47 Å². The lowest BCUT2D eigenvalue weighted by atomic mass is 10.0. The summed E-state index contributed by atoms with van der Waals surface area (Å²) in [4.78, 5) is 16.3. The van der Waals surface area contributed by atoms with Crippen LogP contribution in [0.1, 0.15) is 19.4 Å². The second-order valence-corrected chi connectivity index (χ2v) is 7.90. The number of hydrogen-bond donors (Lipinski definition) is 1. The van der Waals surface area contributed by atoms with Gasteiger partial charge in [-0.25, -0.2) is 13.8 Å². The first-order valence-electron chi connectivity index (χ1n) is 8.30. The Kier molecular flexibility index (Phi) is 4.22. The van der Waals surface area contributed by atoms with Crippen molar-refractivity contribution < 1.29 is 23.0 Å². The number of ether oxygens (including phenoxy) is 2. The van der Waals surface area contributed by atoms with Gasteiger partial charge in [-0.2, -0.15) is 0 Å². The van der Waals surface area contributed by atoms with Crippen molar-refractivity contribution in [1.29, 1.82) is 0 Å². The van der Waals surface area contributed by atoms with Gasteiger partial charge in [-0.3, -0.25) is 10.1 Å². The van der Waals surface area contributed by atoms with Gasteiger partial charge >= 0.3 is 0 Å². The first-order chi connectivity index (χ1) is 12.8. The van der Waals surface area contributed by atoms with E-state index in [1.807, 2.05) is 26.0 Å². The molecular weight excluding hydrogens is 374 g/mol. The zero-order chi connectivity index (χ0) is 19.2. The van der Waals surface area contributed by atoms with Gasteiger partial charge in [-0.1, -0.05) is 23.5 Å². The highest BCUT2D eigenvalue weighted by molar-refractivity contribution is 7.22. The summed E-state index contributed by atoms with van der Waals surface area (Å²) in [7, 11) is 0. The summed E-state index contributed by atoms with van der Waals surface area (Å²) in [6.45, 7) is 3.74. The Morgan fingerprint density at radius 3 is 2.93 bits per heavy atom. The van der Waals surface area contributed by atoms with Crippen molar-refractivity contribution in [3.05, 3.63) is 47.5 Å². The summed E-state index contributed by atoms with van der Waals surface area (Å²) in [6, 6.07) is 7.63. The number of aromatic nitrogens is 1. The van der Waals surface area contributed by atoms with E-state index in [1.165, 1.54) is 0 Å². The van der Waals surface area contributed by atoms with Crippen LogP contribution in [-0.2, 0) is 11.2 Å². The molecule has 2 heterocycles. The van der Waals surface area contributed by atoms with E-state index in [9.17, 15) is 13.6 Å². The smallest absolute Gasteiger partial charge is 0.264 e. The molecule has 1 aliphatic heterocycles. The topological polar surface area (TPSA) is 60.5 Å². The molecule has 3 aromatic rings. The molecule has 5 nitrogen and oxygen atoms in total. The van der Waals surface area contributed by atoms with Crippen LogP contribution in [0.5, 0.6) is 11.5 Å². The van der Waals surface area contributed by atoms with Crippen molar-refractivity contribution in [2.75, 3.05) is 11.9 Å². The number of carbonyl (C=O) groups is 1. The molecule has 0 fully saturated rings. The van der Waals surface area contributed by atoms with Gasteiger partial charge in [0, 0.05) is 18.1 Å². The number of benzene rings is 2. The van der Waals surface area contributed by atoms with Crippen LogP contribution in [0.25, 0.3) is 10.2 Å². The highest BCUT2D eigenvalue weighted by atomic mass is 32.1. The lowest BCUT2D eigenvalue weighted by Gasteiger charge is -2.18. The number of thiazole rings is 1. The maximum Gasteiger partial charge on any atom is 0.264 e. The molecule has 2 aromatic carbocycles. The molecule has 1 N–H and O–H groups in total. The number of carbonyl (C=O) groups excluding carboxylic acids is 1. The predicted molar refractivity (Wildman–Crippen MR) is 98.5 cm³/mol. The molecule has 1 aromatic heterocycles. The highest BCUT2D eigenvalue weighted by Crippen LogP contribution is 2.41. The number of nitrogens with one attached hydrogen (secondary N) is 1. The fraction of sp³-hybridized carbons (Fsp3) is 0.263. The third-order valence-corrected chi connectivity index (χ3v) is 5.02. The fourth-order valence-electron chi connectivity index (χ4n) is 2.98. The lowest BCUT2D eigenvalue weighted by molar-refractivity contribution is -0.118. The summed E-state index contributed by atoms with van der Waals surface area (Å²) in [5, 5.41) is 2.83. The van der Waals surface area contributed by atoms with E-state index in [4.69, 9.17) is 9.47 Å². The molecule has 1 amide bonds. The van der Waals surface area contributed by atoms with Gasteiger partial charge in [0.25, 0.3) is 5.91 Å². The van der Waals surface area contributed by atoms with Crippen molar-refractivity contribution in [2.45, 2.75) is 25.9 Å². The minimum atomic E-state index is -0.977. The van der Waals surface area contributed by atoms with E-state index in [-0.39, 0.29) is 22.9 Å². The Labute approximate surface area is 157 Å². The second kappa shape index (κ2) is 6.45. The van der Waals surface area contributed by atoms with Crippen molar-refractivity contribution in [2.24, 2.45) is 0 Å². The predicted octanol–water partition coefficient (Wildman–Crippen LogP) is 4.31. The van der Waals surface area contributed by atoms with Crippen molar-refractivity contribution in [3.8, 4) is 11.5 Å². The van der Waals surface area contributed by atoms with Crippen molar-refractivity contribution in [3.63, 3.8) is 0 Å². The first-order valence-corrected chi connectivity index (χ1v) is 9.11. The zero-order valence-corrected chi connectivity index (χ0v) is 15.5. The van der Waals surface area contributed by atoms with E-state index < -0.39 is 17.5 Å². The third kappa shape index (κ3) is 3.57. The molecule has 0 bridgehead atoms. The average molecular weight is 390 g/mol. The van der Waals surface area contributed by atoms with E-state index >= 15 is 0 Å². The van der Waals surface area contributed by atoms with Crippen LogP contribution < -0.4 is 14.8 Å². The lowest BCUT2D eigenvalue weighted by Crippen LogP contribution is -2.25. The number of halogens is 2. The third-order valence-electron chi connectivity index (χ3n) is 4.09. The number of amides is 1. The molecule has 0 unspecified atom stereocenters. The molecular formula is C19H16F2N2O3S. The maximum absolute atomic E-state index is 13.3. The molecule has 1 aliphatic rings. The minimum Gasteiger partial charge on any atom is -0.483 e. The van der Waals surface area contributed by atoms with Crippen molar-refractivity contribution >= 4 is 32.6 Å². The number of anilines is 1. The molecule has 0 aliphatic carbocycles. The average Bonchev–Trinajstić information content (AvgIpc) is 3.11. The second-order valence-electron chi connectivity index (χ2n) is 6.87. The number of nitrogens with zero attached hydrogens (tertiary/aromatic N) is 1. The van der Waals surface area contributed by atoms with Gasteiger partial charge in [-0.05, 0) is 26.0 Å². The molecule has 4 rings (SSSR count). The molecule has 8 heteroatoms. The van der Waals surface area contributed by atoms with E-state index in [1.54, 1.807) is 6.07 Å². The summed E-state index contributed by atoms with van der Waals surface area (Å²) >= 11 is 1.06. The van der Waals surface area contributed by atoms with E-state index in [2.05, 4.69) is 10.3 Å². The van der Waals surface area contributed by atoms with Crippen LogP contribution in [0.4, 0.5) is 13.9 Å². The number of rotatable bonds is 4. The van der Waals surface area contributed by atoms with Gasteiger partial charge in [0.05, 0.1) is 10.2 Å². The van der Waals surface area contributed by atoms with E-state index in [0.717, 1.165) is 35.5 Å². The SMILES string of the molecule is CC1(C)Cc2cccc(OCC(=O)Nc3nc4cc(F)c(F)cc4s3)c2O1. The standard InChI is InChI=1S/C19H16F2N2O3S/c1-19(2)8-10-4-3-5-14(17(10)26-19)25-9-16(24)23-18-22-13-6-11(20)12(21)7-15(13)27-18/h3-7H,8-9H2,1-2H3,(H,22,23,24). The van der Waals surface area contributed by atoms with Crippen LogP contribution in [-0.4, -0.2) is 23.1 Å². The Morgan fingerprint density at radius 1 is 1.33 bits per heavy atom. The number of fused-ring (bicyclic) bond motifs is 2. The normalized spacial score (nSPS) is 14.7. The monoisotopic (exact) mass is 390 g/mol. The van der Waals surface area contributed by atoms with Crippen LogP contribution in [0.2, 0.25) is 0 Å². The Bertz CT molecular complexity index is 1010. The number of hydrogen-bond acceptors (Lipinski definition) is 5. The van der Waals surface area contributed by atoms with E-state index in [0.29, 0.717) is 16.2 Å². The molecule has 140 valence electrons. The summed E-state index contributed by atoms with van der Waals surface area (Å²) in [5.74, 6) is -1.20. The molecule has 0 spiro atoms. The molecule has 0 radical (unpaired) electrons. The Balaban J connectivity index is 1.43. The minimum absolute atomic E-state index is 0.237. The zero-order valence-electron chi connectivity index (χ0n) is 14.6. The molecule has 0 atom stereocenters. The summed E-state index contributed by atoms with van der Waals surface area (Å²) in [5.41, 5.74) is 1.01. The van der Waals surface area contributed by atoms with Gasteiger partial charge in [-0.15, -0.1) is 0 Å². The first kappa shape index (κ1) is 17.7. The van der Waals surface area contributed by atoms with Gasteiger partial charge in [0.1, 0.15) is 5.60 Å². The van der Waals surface area contributed by atoms with Gasteiger partial charge in [0.2, 0.25) is 0 Å². The molecule has 0 saturated carbocycles. The van der Waals surface area contributed by atoms with Crippen LogP contribution >= 0.6 is 11.3 Å². The maximum atomic E-state index is 13.3. The highest BCUT2D eigenvalue weighted by Gasteiger charge is 2.32. The fourth-order valence-corrected chi connectivity index (χ4v) is 3.87. The number of para-hydroxylation sites is 1.